The first kappa shape index (κ1) is 12.2. The molecule has 98 valence electrons. The fourth-order valence-corrected chi connectivity index (χ4v) is 3.12. The fourth-order valence-electron chi connectivity index (χ4n) is 3.12. The molecule has 0 aromatic heterocycles. The normalized spacial score (nSPS) is 21.2. The number of rotatable bonds is 7. The summed E-state index contributed by atoms with van der Waals surface area (Å²) >= 11 is 0. The minimum Gasteiger partial charge on any atom is -0.307 e. The van der Waals surface area contributed by atoms with Crippen molar-refractivity contribution in [2.24, 2.45) is 11.8 Å². The van der Waals surface area contributed by atoms with Crippen LogP contribution in [0.4, 0.5) is 0 Å². The van der Waals surface area contributed by atoms with Crippen molar-refractivity contribution < 1.29 is 0 Å². The third kappa shape index (κ3) is 2.95. The summed E-state index contributed by atoms with van der Waals surface area (Å²) in [4.78, 5) is 0. The standard InChI is InChI=1S/C17H25N/c1-2-6-16(13-7-4-3-5-8-13)18-17(14-9-10-14)15-11-12-15/h3-5,7-8,14-18H,2,6,9-12H2,1H3. The lowest BCUT2D eigenvalue weighted by Gasteiger charge is -2.26. The van der Waals surface area contributed by atoms with Gasteiger partial charge in [-0.05, 0) is 49.5 Å². The monoisotopic (exact) mass is 243 g/mol. The molecule has 0 spiro atoms. The van der Waals surface area contributed by atoms with E-state index in [9.17, 15) is 0 Å². The quantitative estimate of drug-likeness (QED) is 0.752. The first-order valence-electron chi connectivity index (χ1n) is 7.69. The zero-order chi connectivity index (χ0) is 12.4. The second-order valence-corrected chi connectivity index (χ2v) is 6.12. The zero-order valence-corrected chi connectivity index (χ0v) is 11.4. The van der Waals surface area contributed by atoms with Gasteiger partial charge in [0.2, 0.25) is 0 Å². The number of benzene rings is 1. The Morgan fingerprint density at radius 2 is 1.67 bits per heavy atom. The molecule has 3 rings (SSSR count). The number of nitrogens with one attached hydrogen (secondary N) is 1. The third-order valence-corrected chi connectivity index (χ3v) is 4.43. The summed E-state index contributed by atoms with van der Waals surface area (Å²) in [5.41, 5.74) is 1.48. The molecule has 2 fully saturated rings. The molecule has 1 atom stereocenters. The van der Waals surface area contributed by atoms with Crippen LogP contribution in [0, 0.1) is 11.8 Å². The maximum Gasteiger partial charge on any atom is 0.0322 e. The van der Waals surface area contributed by atoms with Crippen LogP contribution >= 0.6 is 0 Å². The molecule has 0 saturated heterocycles. The summed E-state index contributed by atoms with van der Waals surface area (Å²) in [6.45, 7) is 2.29. The van der Waals surface area contributed by atoms with Crippen molar-refractivity contribution in [3.05, 3.63) is 35.9 Å². The van der Waals surface area contributed by atoms with E-state index in [2.05, 4.69) is 42.6 Å². The molecule has 1 unspecified atom stereocenters. The molecule has 18 heavy (non-hydrogen) atoms. The maximum atomic E-state index is 4.00. The van der Waals surface area contributed by atoms with Crippen LogP contribution in [0.5, 0.6) is 0 Å². The lowest BCUT2D eigenvalue weighted by atomic mass is 9.98. The van der Waals surface area contributed by atoms with Crippen molar-refractivity contribution in [2.75, 3.05) is 0 Å². The minimum atomic E-state index is 0.572. The van der Waals surface area contributed by atoms with Crippen molar-refractivity contribution in [3.8, 4) is 0 Å². The SMILES string of the molecule is CCCC(NC(C1CC1)C1CC1)c1ccccc1. The highest BCUT2D eigenvalue weighted by atomic mass is 15.0. The van der Waals surface area contributed by atoms with Gasteiger partial charge >= 0.3 is 0 Å². The van der Waals surface area contributed by atoms with Crippen molar-refractivity contribution in [1.29, 1.82) is 0 Å². The second kappa shape index (κ2) is 5.44. The van der Waals surface area contributed by atoms with Crippen LogP contribution in [-0.2, 0) is 0 Å². The molecule has 0 aliphatic heterocycles. The first-order valence-corrected chi connectivity index (χ1v) is 7.69. The summed E-state index contributed by atoms with van der Waals surface area (Å²) in [5, 5.41) is 4.00. The van der Waals surface area contributed by atoms with Gasteiger partial charge in [-0.25, -0.2) is 0 Å². The molecule has 1 aromatic rings. The smallest absolute Gasteiger partial charge is 0.0322 e. The van der Waals surface area contributed by atoms with Gasteiger partial charge in [0.1, 0.15) is 0 Å². The highest BCUT2D eigenvalue weighted by Gasteiger charge is 2.42. The third-order valence-electron chi connectivity index (χ3n) is 4.43. The van der Waals surface area contributed by atoms with E-state index >= 15 is 0 Å². The number of hydrogen-bond acceptors (Lipinski definition) is 1. The first-order chi connectivity index (χ1) is 8.88. The molecule has 0 amide bonds. The fraction of sp³-hybridized carbons (Fsp3) is 0.647. The van der Waals surface area contributed by atoms with E-state index in [0.717, 1.165) is 17.9 Å². The average molecular weight is 243 g/mol. The maximum absolute atomic E-state index is 4.00. The molecular weight excluding hydrogens is 218 g/mol. The van der Waals surface area contributed by atoms with Gasteiger partial charge in [0.25, 0.3) is 0 Å². The van der Waals surface area contributed by atoms with E-state index < -0.39 is 0 Å². The van der Waals surface area contributed by atoms with Crippen LogP contribution in [-0.4, -0.2) is 6.04 Å². The van der Waals surface area contributed by atoms with Crippen molar-refractivity contribution in [3.63, 3.8) is 0 Å². The van der Waals surface area contributed by atoms with E-state index in [1.165, 1.54) is 44.1 Å². The molecule has 0 bridgehead atoms. The molecule has 2 aliphatic rings. The Bertz CT molecular complexity index is 352. The molecule has 0 radical (unpaired) electrons. The summed E-state index contributed by atoms with van der Waals surface area (Å²) in [5.74, 6) is 1.97. The second-order valence-electron chi connectivity index (χ2n) is 6.12. The van der Waals surface area contributed by atoms with Gasteiger partial charge in [-0.3, -0.25) is 0 Å². The van der Waals surface area contributed by atoms with Crippen molar-refractivity contribution in [2.45, 2.75) is 57.5 Å². The average Bonchev–Trinajstić information content (AvgIpc) is 3.29. The molecule has 2 aliphatic carbocycles. The van der Waals surface area contributed by atoms with Crippen LogP contribution < -0.4 is 5.32 Å². The Hall–Kier alpha value is -0.820. The van der Waals surface area contributed by atoms with Gasteiger partial charge in [0.05, 0.1) is 0 Å². The predicted molar refractivity (Wildman–Crippen MR) is 76.5 cm³/mol. The summed E-state index contributed by atoms with van der Waals surface area (Å²) in [6.07, 6.45) is 8.36. The molecule has 0 heterocycles. The largest absolute Gasteiger partial charge is 0.307 e. The lowest BCUT2D eigenvalue weighted by molar-refractivity contribution is 0.352. The Balaban J connectivity index is 1.69. The van der Waals surface area contributed by atoms with Gasteiger partial charge in [0.15, 0.2) is 0 Å². The van der Waals surface area contributed by atoms with Crippen LogP contribution in [0.25, 0.3) is 0 Å². The summed E-state index contributed by atoms with van der Waals surface area (Å²) in [7, 11) is 0. The predicted octanol–water partition coefficient (Wildman–Crippen LogP) is 4.31. The highest BCUT2D eigenvalue weighted by Crippen LogP contribution is 2.45. The van der Waals surface area contributed by atoms with Gasteiger partial charge in [-0.1, -0.05) is 43.7 Å². The van der Waals surface area contributed by atoms with E-state index in [0.29, 0.717) is 6.04 Å². The Labute approximate surface area is 111 Å². The Kier molecular flexibility index (Phi) is 3.69. The molecule has 1 N–H and O–H groups in total. The van der Waals surface area contributed by atoms with E-state index in [-0.39, 0.29) is 0 Å². The van der Waals surface area contributed by atoms with Gasteiger partial charge in [-0.15, -0.1) is 0 Å². The van der Waals surface area contributed by atoms with Gasteiger partial charge in [-0.2, -0.15) is 0 Å². The minimum absolute atomic E-state index is 0.572. The summed E-state index contributed by atoms with van der Waals surface area (Å²) in [6, 6.07) is 12.4. The van der Waals surface area contributed by atoms with E-state index in [4.69, 9.17) is 0 Å². The summed E-state index contributed by atoms with van der Waals surface area (Å²) < 4.78 is 0. The van der Waals surface area contributed by atoms with Crippen molar-refractivity contribution in [1.82, 2.24) is 5.32 Å². The lowest BCUT2D eigenvalue weighted by Crippen LogP contribution is -2.36. The van der Waals surface area contributed by atoms with Crippen LogP contribution in [0.3, 0.4) is 0 Å². The van der Waals surface area contributed by atoms with Crippen molar-refractivity contribution >= 4 is 0 Å². The topological polar surface area (TPSA) is 12.0 Å². The molecular formula is C17H25N. The zero-order valence-electron chi connectivity index (χ0n) is 11.4. The Morgan fingerprint density at radius 3 is 2.17 bits per heavy atom. The number of hydrogen-bond donors (Lipinski definition) is 1. The van der Waals surface area contributed by atoms with E-state index in [1.807, 2.05) is 0 Å². The molecule has 2 saturated carbocycles. The van der Waals surface area contributed by atoms with Crippen LogP contribution in [0.2, 0.25) is 0 Å². The van der Waals surface area contributed by atoms with Crippen LogP contribution in [0.1, 0.15) is 57.1 Å². The van der Waals surface area contributed by atoms with Gasteiger partial charge in [0, 0.05) is 12.1 Å². The van der Waals surface area contributed by atoms with Gasteiger partial charge < -0.3 is 5.32 Å². The van der Waals surface area contributed by atoms with E-state index in [1.54, 1.807) is 0 Å². The highest BCUT2D eigenvalue weighted by molar-refractivity contribution is 5.19. The molecule has 1 heteroatoms. The Morgan fingerprint density at radius 1 is 1.06 bits per heavy atom. The molecule has 1 nitrogen and oxygen atoms in total. The molecule has 1 aromatic carbocycles. The van der Waals surface area contributed by atoms with Crippen LogP contribution in [0.15, 0.2) is 30.3 Å².